The van der Waals surface area contributed by atoms with Crippen molar-refractivity contribution in [1.29, 1.82) is 0 Å². The fourth-order valence-corrected chi connectivity index (χ4v) is 2.82. The number of Topliss-reactive ketones (excluding diaryl/α,β-unsaturated/α-hetero) is 1. The first-order valence-electron chi connectivity index (χ1n) is 7.22. The highest BCUT2D eigenvalue weighted by Gasteiger charge is 2.31. The molecule has 1 aliphatic rings. The standard InChI is InChI=1S/C18H17BO3/c1-21-12-5-3-11(4-6-12)9-16-17(19)15-10-13(22-2)7-8-14(15)18(16)20/h3-10,17H,19H2,1-2H3/b16-9+. The first-order chi connectivity index (χ1) is 10.6. The van der Waals surface area contributed by atoms with Crippen LogP contribution in [0, 0.1) is 0 Å². The highest BCUT2D eigenvalue weighted by atomic mass is 16.5. The molecule has 0 heterocycles. The molecule has 110 valence electrons. The van der Waals surface area contributed by atoms with Crippen molar-refractivity contribution in [2.45, 2.75) is 5.82 Å². The number of carbonyl (C=O) groups is 1. The maximum Gasteiger partial charge on any atom is 0.189 e. The monoisotopic (exact) mass is 292 g/mol. The number of allylic oxidation sites excluding steroid dienone is 1. The minimum absolute atomic E-state index is 0.0692. The van der Waals surface area contributed by atoms with Crippen molar-refractivity contribution >= 4 is 19.7 Å². The molecular weight excluding hydrogens is 275 g/mol. The van der Waals surface area contributed by atoms with E-state index < -0.39 is 0 Å². The molecule has 3 rings (SSSR count). The van der Waals surface area contributed by atoms with Gasteiger partial charge in [-0.15, -0.1) is 0 Å². The predicted octanol–water partition coefficient (Wildman–Crippen LogP) is 2.66. The lowest BCUT2D eigenvalue weighted by Crippen LogP contribution is -1.99. The SMILES string of the molecule is BC1/C(=C\c2ccc(OC)cc2)C(=O)c2ccc(OC)cc21. The Hall–Kier alpha value is -2.49. The second-order valence-corrected chi connectivity index (χ2v) is 5.38. The molecule has 1 atom stereocenters. The topological polar surface area (TPSA) is 35.5 Å². The minimum atomic E-state index is 0.0692. The van der Waals surface area contributed by atoms with Crippen molar-refractivity contribution in [3.05, 3.63) is 64.7 Å². The van der Waals surface area contributed by atoms with Crippen LogP contribution in [0.1, 0.15) is 27.3 Å². The third-order valence-electron chi connectivity index (χ3n) is 4.14. The van der Waals surface area contributed by atoms with Crippen molar-refractivity contribution in [2.75, 3.05) is 14.2 Å². The van der Waals surface area contributed by atoms with Gasteiger partial charge in [0.15, 0.2) is 5.78 Å². The zero-order chi connectivity index (χ0) is 15.7. The molecule has 0 saturated carbocycles. The van der Waals surface area contributed by atoms with E-state index in [0.717, 1.165) is 33.8 Å². The number of hydrogen-bond acceptors (Lipinski definition) is 3. The van der Waals surface area contributed by atoms with Gasteiger partial charge in [0.1, 0.15) is 19.3 Å². The quantitative estimate of drug-likeness (QED) is 0.644. The van der Waals surface area contributed by atoms with Gasteiger partial charge in [-0.2, -0.15) is 0 Å². The van der Waals surface area contributed by atoms with E-state index in [2.05, 4.69) is 7.85 Å². The maximum absolute atomic E-state index is 12.6. The van der Waals surface area contributed by atoms with Gasteiger partial charge in [0.05, 0.1) is 14.2 Å². The summed E-state index contributed by atoms with van der Waals surface area (Å²) in [6.07, 6.45) is 1.96. The van der Waals surface area contributed by atoms with E-state index >= 15 is 0 Å². The van der Waals surface area contributed by atoms with Crippen LogP contribution in [-0.4, -0.2) is 27.8 Å². The van der Waals surface area contributed by atoms with Crippen LogP contribution in [0.5, 0.6) is 11.5 Å². The largest absolute Gasteiger partial charge is 0.497 e. The molecule has 1 aliphatic carbocycles. The van der Waals surface area contributed by atoms with Crippen LogP contribution in [0.15, 0.2) is 48.0 Å². The van der Waals surface area contributed by atoms with Crippen LogP contribution in [0.3, 0.4) is 0 Å². The van der Waals surface area contributed by atoms with E-state index in [0.29, 0.717) is 0 Å². The Balaban J connectivity index is 1.98. The number of methoxy groups -OCH3 is 2. The van der Waals surface area contributed by atoms with E-state index in [4.69, 9.17) is 9.47 Å². The molecule has 0 radical (unpaired) electrons. The summed E-state index contributed by atoms with van der Waals surface area (Å²) in [5.74, 6) is 1.76. The van der Waals surface area contributed by atoms with E-state index in [9.17, 15) is 4.79 Å². The van der Waals surface area contributed by atoms with Gasteiger partial charge in [-0.3, -0.25) is 4.79 Å². The third kappa shape index (κ3) is 2.41. The Morgan fingerprint density at radius 3 is 2.27 bits per heavy atom. The Morgan fingerprint density at radius 2 is 1.64 bits per heavy atom. The molecule has 3 nitrogen and oxygen atoms in total. The minimum Gasteiger partial charge on any atom is -0.497 e. The summed E-state index contributed by atoms with van der Waals surface area (Å²) in [5, 5.41) is 0. The second-order valence-electron chi connectivity index (χ2n) is 5.38. The highest BCUT2D eigenvalue weighted by molar-refractivity contribution is 6.28. The van der Waals surface area contributed by atoms with E-state index in [1.807, 2.05) is 48.5 Å². The molecule has 0 amide bonds. The van der Waals surface area contributed by atoms with Gasteiger partial charge in [0.25, 0.3) is 0 Å². The fraction of sp³-hybridized carbons (Fsp3) is 0.167. The average molecular weight is 292 g/mol. The molecule has 1 unspecified atom stereocenters. The number of rotatable bonds is 3. The van der Waals surface area contributed by atoms with Crippen LogP contribution in [-0.2, 0) is 0 Å². The van der Waals surface area contributed by atoms with Crippen molar-refractivity contribution in [3.8, 4) is 11.5 Å². The molecular formula is C18H17BO3. The number of hydrogen-bond donors (Lipinski definition) is 0. The van der Waals surface area contributed by atoms with Crippen molar-refractivity contribution in [3.63, 3.8) is 0 Å². The molecule has 0 aliphatic heterocycles. The lowest BCUT2D eigenvalue weighted by Gasteiger charge is -2.07. The number of benzene rings is 2. The zero-order valence-corrected chi connectivity index (χ0v) is 12.9. The molecule has 2 aromatic rings. The van der Waals surface area contributed by atoms with Crippen molar-refractivity contribution in [1.82, 2.24) is 0 Å². The molecule has 0 N–H and O–H groups in total. The Morgan fingerprint density at radius 1 is 1.00 bits per heavy atom. The molecule has 0 saturated heterocycles. The van der Waals surface area contributed by atoms with Crippen molar-refractivity contribution in [2.24, 2.45) is 0 Å². The normalized spacial score (nSPS) is 18.4. The van der Waals surface area contributed by atoms with Crippen LogP contribution in [0.2, 0.25) is 0 Å². The van der Waals surface area contributed by atoms with E-state index in [-0.39, 0.29) is 11.6 Å². The fourth-order valence-electron chi connectivity index (χ4n) is 2.82. The van der Waals surface area contributed by atoms with E-state index in [1.165, 1.54) is 0 Å². The Kier molecular flexibility index (Phi) is 3.76. The summed E-state index contributed by atoms with van der Waals surface area (Å²) >= 11 is 0. The lowest BCUT2D eigenvalue weighted by molar-refractivity contribution is 0.104. The van der Waals surface area contributed by atoms with Gasteiger partial charge in [-0.1, -0.05) is 12.1 Å². The molecule has 0 bridgehead atoms. The molecule has 0 spiro atoms. The highest BCUT2D eigenvalue weighted by Crippen LogP contribution is 2.38. The van der Waals surface area contributed by atoms with Crippen LogP contribution < -0.4 is 9.47 Å². The first kappa shape index (κ1) is 14.5. The van der Waals surface area contributed by atoms with Crippen LogP contribution in [0.4, 0.5) is 0 Å². The molecule has 0 aromatic heterocycles. The summed E-state index contributed by atoms with van der Waals surface area (Å²) in [4.78, 5) is 12.6. The maximum atomic E-state index is 12.6. The molecule has 0 fully saturated rings. The van der Waals surface area contributed by atoms with Gasteiger partial charge < -0.3 is 9.47 Å². The Labute approximate surface area is 131 Å². The number of carbonyl (C=O) groups excluding carboxylic acids is 1. The molecule has 22 heavy (non-hydrogen) atoms. The summed E-state index contributed by atoms with van der Waals surface area (Å²) in [6, 6.07) is 13.3. The molecule has 4 heteroatoms. The summed E-state index contributed by atoms with van der Waals surface area (Å²) in [5.41, 5.74) is 3.61. The summed E-state index contributed by atoms with van der Waals surface area (Å²) < 4.78 is 10.4. The van der Waals surface area contributed by atoms with Gasteiger partial charge in [0, 0.05) is 11.1 Å². The van der Waals surface area contributed by atoms with Gasteiger partial charge in [0.2, 0.25) is 0 Å². The second kappa shape index (κ2) is 5.72. The third-order valence-corrected chi connectivity index (χ3v) is 4.14. The number of ketones is 1. The van der Waals surface area contributed by atoms with E-state index in [1.54, 1.807) is 14.2 Å². The van der Waals surface area contributed by atoms with Gasteiger partial charge >= 0.3 is 0 Å². The summed E-state index contributed by atoms with van der Waals surface area (Å²) in [7, 11) is 5.33. The average Bonchev–Trinajstić information content (AvgIpc) is 2.80. The number of fused-ring (bicyclic) bond motifs is 1. The number of ether oxygens (including phenoxy) is 2. The lowest BCUT2D eigenvalue weighted by atomic mass is 9.79. The smallest absolute Gasteiger partial charge is 0.189 e. The molecule has 2 aromatic carbocycles. The first-order valence-corrected chi connectivity index (χ1v) is 7.22. The van der Waals surface area contributed by atoms with Crippen LogP contribution >= 0.6 is 0 Å². The Bertz CT molecular complexity index is 747. The zero-order valence-electron chi connectivity index (χ0n) is 12.9. The summed E-state index contributed by atoms with van der Waals surface area (Å²) in [6.45, 7) is 0. The van der Waals surface area contributed by atoms with Gasteiger partial charge in [-0.05, 0) is 53.4 Å². The predicted molar refractivity (Wildman–Crippen MR) is 89.6 cm³/mol. The van der Waals surface area contributed by atoms with Crippen LogP contribution in [0.25, 0.3) is 6.08 Å². The van der Waals surface area contributed by atoms with Gasteiger partial charge in [-0.25, -0.2) is 0 Å². The van der Waals surface area contributed by atoms with Crippen molar-refractivity contribution < 1.29 is 14.3 Å².